The van der Waals surface area contributed by atoms with E-state index in [9.17, 15) is 63.5 Å². The van der Waals surface area contributed by atoms with Crippen molar-refractivity contribution in [2.24, 2.45) is 0 Å². The number of fused-ring (bicyclic) bond motifs is 3. The molecule has 0 aliphatic carbocycles. The molecular formula is C82H96ClI9N3O15S3-. The quantitative estimate of drug-likeness (QED) is 0.00710. The Morgan fingerprint density at radius 2 is 0.894 bits per heavy atom. The smallest absolute Gasteiger partial charge is 0.303 e. The third kappa shape index (κ3) is 31.7. The molecule has 4 N–H and O–H groups in total. The van der Waals surface area contributed by atoms with Crippen LogP contribution in [-0.2, 0) is 67.4 Å². The molecular weight excluding hydrogens is 2540 g/mol. The van der Waals surface area contributed by atoms with Crippen LogP contribution >= 0.6 is 203 Å². The van der Waals surface area contributed by atoms with Gasteiger partial charge < -0.3 is 41.7 Å². The molecule has 5 aromatic carbocycles. The summed E-state index contributed by atoms with van der Waals surface area (Å²) in [4.78, 5) is 35.4. The van der Waals surface area contributed by atoms with Crippen LogP contribution in [0.3, 0.4) is 0 Å². The highest BCUT2D eigenvalue weighted by Gasteiger charge is 2.51. The molecule has 3 atom stereocenters. The fourth-order valence-corrected chi connectivity index (χ4v) is 23.6. The Morgan fingerprint density at radius 3 is 1.39 bits per heavy atom. The lowest BCUT2D eigenvalue weighted by atomic mass is 9.75. The third-order valence-electron chi connectivity index (χ3n) is 19.6. The van der Waals surface area contributed by atoms with E-state index < -0.39 is 64.8 Å². The maximum absolute atomic E-state index is 11.8. The molecule has 3 aliphatic heterocycles. The molecule has 113 heavy (non-hydrogen) atoms. The summed E-state index contributed by atoms with van der Waals surface area (Å²) in [6.45, 7) is 9.84. The van der Waals surface area contributed by atoms with Crippen LogP contribution in [0, 0.1) is 32.1 Å². The second kappa shape index (κ2) is 49.5. The number of carboxylic acid groups (broad SMARTS) is 3. The maximum atomic E-state index is 11.8. The molecule has 3 heterocycles. The number of carboxylic acids is 3. The predicted octanol–water partition coefficient (Wildman–Crippen LogP) is 18.8. The first-order valence-electron chi connectivity index (χ1n) is 36.1. The lowest BCUT2D eigenvalue weighted by molar-refractivity contribution is -0.439. The van der Waals surface area contributed by atoms with Gasteiger partial charge in [-0.25, -0.2) is 16.8 Å². The number of anilines is 1. The number of hydrogen-bond acceptors (Lipinski definition) is 12. The van der Waals surface area contributed by atoms with Crippen molar-refractivity contribution in [3.63, 3.8) is 0 Å². The molecule has 0 bridgehead atoms. The molecule has 3 unspecified atom stereocenters. The molecule has 8 rings (SSSR count). The van der Waals surface area contributed by atoms with Gasteiger partial charge in [0, 0.05) is 130 Å². The van der Waals surface area contributed by atoms with Gasteiger partial charge in [-0.15, -0.1) is 0 Å². The molecule has 0 radical (unpaired) electrons. The Bertz CT molecular complexity index is 4810. The van der Waals surface area contributed by atoms with Crippen molar-refractivity contribution < 1.29 is 90.2 Å². The van der Waals surface area contributed by atoms with Crippen LogP contribution < -0.4 is 17.3 Å². The predicted molar refractivity (Wildman–Crippen MR) is 526 cm³/mol. The van der Waals surface area contributed by atoms with Gasteiger partial charge in [-0.2, -0.15) is 17.6 Å². The van der Waals surface area contributed by atoms with E-state index in [-0.39, 0.29) is 75.3 Å². The average Bonchev–Trinajstić information content (AvgIpc) is 1.55. The molecule has 0 spiro atoms. The number of unbranched alkanes of at least 4 members (excludes halogenated alkanes) is 6. The van der Waals surface area contributed by atoms with E-state index >= 15 is 0 Å². The Labute approximate surface area is 797 Å². The van der Waals surface area contributed by atoms with Crippen LogP contribution in [0.15, 0.2) is 157 Å². The van der Waals surface area contributed by atoms with E-state index in [1.165, 1.54) is 23.8 Å². The summed E-state index contributed by atoms with van der Waals surface area (Å²) < 4.78 is 116. The van der Waals surface area contributed by atoms with Crippen LogP contribution in [0.5, 0.6) is 0 Å². The van der Waals surface area contributed by atoms with Crippen LogP contribution in [0.1, 0.15) is 179 Å². The SMILES string of the molecule is C.C(=C\C=C\c1ccccc1)/C=C/Cc1ccccc1.CC1(CCCCCC(=O)O)C(/C=C/C=C/C=C/C=C2\N(CCCS(=O)(=O)O)c3cc(I)c(I)c(I)c3C2(C)CCCCCC(=O)O)=[N+](CCCS(=O)(=O)[O-])c2cc(I)c(I)c(I)c21.CC1=[N+](CCCS(=O)(=O)[O-])c2cc(I)c(I)c(I)c2C1(C)CCCCCC(=O)O.[Cl-]. The molecule has 618 valence electrons. The highest BCUT2D eigenvalue weighted by atomic mass is 127. The normalized spacial score (nSPS) is 17.8. The minimum absolute atomic E-state index is 0. The minimum atomic E-state index is -4.42. The molecule has 3 aliphatic rings. The van der Waals surface area contributed by atoms with Gasteiger partial charge in [-0.3, -0.25) is 18.9 Å². The Morgan fingerprint density at radius 1 is 0.478 bits per heavy atom. The van der Waals surface area contributed by atoms with Gasteiger partial charge in [0.05, 0.1) is 47.9 Å². The van der Waals surface area contributed by atoms with Crippen LogP contribution in [0.2, 0.25) is 0 Å². The summed E-state index contributed by atoms with van der Waals surface area (Å²) in [7, 11) is -12.8. The van der Waals surface area contributed by atoms with Crippen molar-refractivity contribution >= 4 is 286 Å². The monoisotopic (exact) mass is 2640 g/mol. The maximum Gasteiger partial charge on any atom is 0.303 e. The van der Waals surface area contributed by atoms with Crippen molar-refractivity contribution in [3.05, 3.63) is 217 Å². The Balaban J connectivity index is 0.000000438. The van der Waals surface area contributed by atoms with Crippen LogP contribution in [0.25, 0.3) is 6.08 Å². The fraction of sp³-hybridized carbons (Fsp3) is 0.402. The standard InChI is InChI=1S/C43H50I6N2O10S2.C19H24I3NO5S.C19H18.CH4.ClH/c1-42(20-12-6-10-18-34(52)53)32(50(22-14-24-62(56,57)58)30-26-28(44)38(46)40(48)36(30)42)16-8-4-3-5-9-17-33-43(2,21-13-7-11-19-35(54)55)37-31(27-29(45)39(47)41(37)49)51(33)23-15-25-63(59,60)61;1-12-19(2,8-5-3-4-7-15(24)25)16-14(11-13(20)17(21)18(16)22)23(12)9-6-10-29(26,27)28;1(2-6-12-18-14-8-4-9-15-18)3-7-13-19-16-10-5-11-17-19;;/h3-5,8-9,16-17,26-27H,6-7,10-15,18-25H2,1-2H3,(H3-,52,53,54,55,56,57,58,59,60,61);11H,3-10H2,1-2H3,(H-,24,25,26,27,28);1-12,14-17H,13H2;1H4;1H/p-1/b;;2-1+,7-3+,12-6+;;. The van der Waals surface area contributed by atoms with Gasteiger partial charge >= 0.3 is 17.9 Å². The van der Waals surface area contributed by atoms with Gasteiger partial charge in [-0.1, -0.05) is 173 Å². The number of rotatable bonds is 39. The van der Waals surface area contributed by atoms with Crippen molar-refractivity contribution in [3.8, 4) is 0 Å². The first-order valence-corrected chi connectivity index (χ1v) is 50.6. The lowest BCUT2D eigenvalue weighted by Crippen LogP contribution is -3.00. The third-order valence-corrected chi connectivity index (χ3v) is 37.3. The first-order chi connectivity index (χ1) is 52.3. The number of halogens is 10. The second-order valence-corrected chi connectivity index (χ2v) is 42.3. The average molecular weight is 2640 g/mol. The summed E-state index contributed by atoms with van der Waals surface area (Å²) in [5, 5.41) is 27.3. The summed E-state index contributed by atoms with van der Waals surface area (Å²) in [6, 6.07) is 27.2. The van der Waals surface area contributed by atoms with E-state index in [0.29, 0.717) is 38.9 Å². The largest absolute Gasteiger partial charge is 1.00 e. The zero-order chi connectivity index (χ0) is 82.1. The lowest BCUT2D eigenvalue weighted by Gasteiger charge is -2.31. The Hall–Kier alpha value is -1.58. The zero-order valence-corrected chi connectivity index (χ0v) is 84.9. The van der Waals surface area contributed by atoms with E-state index in [1.807, 2.05) is 60.7 Å². The molecule has 0 amide bonds. The molecule has 31 heteroatoms. The van der Waals surface area contributed by atoms with E-state index in [4.69, 9.17) is 5.11 Å². The molecule has 0 saturated heterocycles. The summed E-state index contributed by atoms with van der Waals surface area (Å²) >= 11 is 21.2. The number of aliphatic carboxylic acids is 3. The molecule has 0 saturated carbocycles. The molecule has 18 nitrogen and oxygen atoms in total. The number of carbonyl (C=O) groups is 3. The van der Waals surface area contributed by atoms with Gasteiger partial charge in [0.2, 0.25) is 11.4 Å². The van der Waals surface area contributed by atoms with E-state index in [2.05, 4.69) is 342 Å². The van der Waals surface area contributed by atoms with Gasteiger partial charge in [-0.05, 0) is 299 Å². The number of allylic oxidation sites excluding steroid dienone is 13. The van der Waals surface area contributed by atoms with Gasteiger partial charge in [0.25, 0.3) is 10.1 Å². The van der Waals surface area contributed by atoms with Crippen molar-refractivity contribution in [2.75, 3.05) is 41.8 Å². The summed E-state index contributed by atoms with van der Waals surface area (Å²) in [5.41, 5.74) is 11.1. The van der Waals surface area contributed by atoms with Crippen LogP contribution in [0.4, 0.5) is 17.1 Å². The molecule has 0 aromatic heterocycles. The van der Waals surface area contributed by atoms with Crippen molar-refractivity contribution in [2.45, 2.75) is 173 Å². The summed E-state index contributed by atoms with van der Waals surface area (Å²) in [5.74, 6) is -3.62. The second-order valence-electron chi connectivity index (χ2n) is 27.8. The number of hydrogen-bond donors (Lipinski definition) is 4. The highest BCUT2D eigenvalue weighted by molar-refractivity contribution is 14.1. The Kier molecular flexibility index (Phi) is 45.5. The number of nitrogens with zero attached hydrogens (tertiary/aromatic N) is 3. The highest BCUT2D eigenvalue weighted by Crippen LogP contribution is 2.55. The first kappa shape index (κ1) is 104. The van der Waals surface area contributed by atoms with E-state index in [0.717, 1.165) is 135 Å². The topological polar surface area (TPSA) is 290 Å². The molecule has 5 aromatic rings. The fourth-order valence-electron chi connectivity index (χ4n) is 14.1. The zero-order valence-electron chi connectivity index (χ0n) is 62.3. The van der Waals surface area contributed by atoms with Crippen molar-refractivity contribution in [1.29, 1.82) is 0 Å². The van der Waals surface area contributed by atoms with Gasteiger partial charge in [0.1, 0.15) is 13.1 Å². The van der Waals surface area contributed by atoms with Gasteiger partial charge in [0.15, 0.2) is 11.4 Å². The number of benzene rings is 5. The minimum Gasteiger partial charge on any atom is -1.00 e. The van der Waals surface area contributed by atoms with Crippen molar-refractivity contribution in [1.82, 2.24) is 0 Å². The van der Waals surface area contributed by atoms with E-state index in [1.54, 1.807) is 0 Å². The van der Waals surface area contributed by atoms with Crippen LogP contribution in [-0.4, -0.2) is 130 Å². The molecule has 0 fully saturated rings. The summed E-state index contributed by atoms with van der Waals surface area (Å²) in [6.07, 6.45) is 37.3.